The first kappa shape index (κ1) is 19.2. The monoisotopic (exact) mass is 357 g/mol. The SMILES string of the molecule is COC(C)OC.O=Cc1ccc(-c2cc([N+](=O)[O-])ccc2Cl)s1. The first-order valence-electron chi connectivity index (χ1n) is 6.47. The Kier molecular flexibility index (Phi) is 7.84. The third kappa shape index (κ3) is 5.72. The zero-order chi connectivity index (χ0) is 17.4. The lowest BCUT2D eigenvalue weighted by atomic mass is 10.1. The van der Waals surface area contributed by atoms with Gasteiger partial charge in [0.25, 0.3) is 5.69 Å². The van der Waals surface area contributed by atoms with Gasteiger partial charge >= 0.3 is 0 Å². The van der Waals surface area contributed by atoms with E-state index < -0.39 is 4.92 Å². The van der Waals surface area contributed by atoms with Crippen LogP contribution in [0.3, 0.4) is 0 Å². The lowest BCUT2D eigenvalue weighted by Crippen LogP contribution is -2.05. The molecule has 0 aliphatic carbocycles. The second-order valence-electron chi connectivity index (χ2n) is 4.28. The molecule has 8 heteroatoms. The highest BCUT2D eigenvalue weighted by Crippen LogP contribution is 2.35. The fourth-order valence-corrected chi connectivity index (χ4v) is 2.60. The normalized spacial score (nSPS) is 10.1. The van der Waals surface area contributed by atoms with Gasteiger partial charge in [0.15, 0.2) is 12.6 Å². The van der Waals surface area contributed by atoms with Crippen molar-refractivity contribution in [2.75, 3.05) is 14.2 Å². The molecule has 0 bridgehead atoms. The van der Waals surface area contributed by atoms with Crippen LogP contribution in [0.25, 0.3) is 10.4 Å². The number of non-ortho nitro benzene ring substituents is 1. The lowest BCUT2D eigenvalue weighted by Gasteiger charge is -2.03. The number of aldehydes is 1. The summed E-state index contributed by atoms with van der Waals surface area (Å²) >= 11 is 7.23. The molecule has 0 amide bonds. The predicted molar refractivity (Wildman–Crippen MR) is 90.3 cm³/mol. The smallest absolute Gasteiger partial charge is 0.270 e. The Bertz CT molecular complexity index is 670. The van der Waals surface area contributed by atoms with Crippen LogP contribution < -0.4 is 0 Å². The minimum Gasteiger partial charge on any atom is -0.356 e. The summed E-state index contributed by atoms with van der Waals surface area (Å²) in [4.78, 5) is 22.1. The molecular weight excluding hydrogens is 342 g/mol. The highest BCUT2D eigenvalue weighted by atomic mass is 35.5. The zero-order valence-corrected chi connectivity index (χ0v) is 14.4. The molecule has 1 heterocycles. The van der Waals surface area contributed by atoms with E-state index in [1.165, 1.54) is 29.5 Å². The van der Waals surface area contributed by atoms with Crippen LogP contribution >= 0.6 is 22.9 Å². The predicted octanol–water partition coefficient (Wildman–Crippen LogP) is 4.41. The van der Waals surface area contributed by atoms with E-state index in [2.05, 4.69) is 9.47 Å². The number of methoxy groups -OCH3 is 2. The van der Waals surface area contributed by atoms with Crippen LogP contribution in [0.1, 0.15) is 16.6 Å². The summed E-state index contributed by atoms with van der Waals surface area (Å²) in [6.07, 6.45) is 0.671. The van der Waals surface area contributed by atoms with Gasteiger partial charge in [0.05, 0.1) is 9.80 Å². The van der Waals surface area contributed by atoms with Gasteiger partial charge in [-0.1, -0.05) is 11.6 Å². The maximum atomic E-state index is 10.7. The van der Waals surface area contributed by atoms with Gasteiger partial charge in [0, 0.05) is 41.8 Å². The summed E-state index contributed by atoms with van der Waals surface area (Å²) in [5.74, 6) is 0. The van der Waals surface area contributed by atoms with Crippen molar-refractivity contribution in [3.05, 3.63) is 50.3 Å². The third-order valence-electron chi connectivity index (χ3n) is 2.83. The molecule has 124 valence electrons. The molecule has 1 aromatic heterocycles. The second-order valence-corrected chi connectivity index (χ2v) is 5.80. The fourth-order valence-electron chi connectivity index (χ4n) is 1.47. The van der Waals surface area contributed by atoms with E-state index in [9.17, 15) is 14.9 Å². The van der Waals surface area contributed by atoms with Crippen LogP contribution in [0.2, 0.25) is 5.02 Å². The van der Waals surface area contributed by atoms with Gasteiger partial charge in [0.2, 0.25) is 0 Å². The summed E-state index contributed by atoms with van der Waals surface area (Å²) in [5.41, 5.74) is 0.546. The quantitative estimate of drug-likeness (QED) is 0.342. The molecule has 0 saturated heterocycles. The van der Waals surface area contributed by atoms with Crippen LogP contribution in [-0.4, -0.2) is 31.7 Å². The molecule has 1 aromatic carbocycles. The number of hydrogen-bond donors (Lipinski definition) is 0. The molecule has 0 aliphatic rings. The van der Waals surface area contributed by atoms with Crippen molar-refractivity contribution >= 4 is 34.9 Å². The number of nitro benzene ring substituents is 1. The molecule has 2 aromatic rings. The van der Waals surface area contributed by atoms with E-state index in [1.54, 1.807) is 26.4 Å². The summed E-state index contributed by atoms with van der Waals surface area (Å²) in [6.45, 7) is 1.83. The number of carbonyl (C=O) groups excluding carboxylic acids is 1. The van der Waals surface area contributed by atoms with Crippen LogP contribution in [0.15, 0.2) is 30.3 Å². The number of hydrogen-bond acceptors (Lipinski definition) is 6. The minimum atomic E-state index is -0.478. The Morgan fingerprint density at radius 1 is 1.26 bits per heavy atom. The van der Waals surface area contributed by atoms with Gasteiger partial charge in [-0.3, -0.25) is 14.9 Å². The molecule has 0 fully saturated rings. The van der Waals surface area contributed by atoms with Gasteiger partial charge in [-0.25, -0.2) is 0 Å². The average molecular weight is 358 g/mol. The summed E-state index contributed by atoms with van der Waals surface area (Å²) in [6, 6.07) is 7.61. The number of halogens is 1. The van der Waals surface area contributed by atoms with Crippen molar-refractivity contribution in [3.63, 3.8) is 0 Å². The van der Waals surface area contributed by atoms with Gasteiger partial charge in [-0.05, 0) is 25.1 Å². The first-order valence-corrected chi connectivity index (χ1v) is 7.67. The third-order valence-corrected chi connectivity index (χ3v) is 4.21. The average Bonchev–Trinajstić information content (AvgIpc) is 3.03. The van der Waals surface area contributed by atoms with Crippen molar-refractivity contribution in [3.8, 4) is 10.4 Å². The maximum absolute atomic E-state index is 10.7. The molecule has 0 atom stereocenters. The number of carbonyl (C=O) groups is 1. The van der Waals surface area contributed by atoms with E-state index >= 15 is 0 Å². The number of nitro groups is 1. The molecule has 0 N–H and O–H groups in total. The van der Waals surface area contributed by atoms with Gasteiger partial charge in [-0.15, -0.1) is 11.3 Å². The van der Waals surface area contributed by atoms with E-state index in [0.717, 1.165) is 11.2 Å². The molecule has 0 aliphatic heterocycles. The van der Waals surface area contributed by atoms with Crippen LogP contribution in [0, 0.1) is 10.1 Å². The van der Waals surface area contributed by atoms with Crippen LogP contribution in [0.5, 0.6) is 0 Å². The highest BCUT2D eigenvalue weighted by molar-refractivity contribution is 7.17. The molecule has 23 heavy (non-hydrogen) atoms. The van der Waals surface area contributed by atoms with Crippen molar-refractivity contribution < 1.29 is 19.2 Å². The van der Waals surface area contributed by atoms with Crippen molar-refractivity contribution in [1.82, 2.24) is 0 Å². The highest BCUT2D eigenvalue weighted by Gasteiger charge is 2.12. The standard InChI is InChI=1S/C11H6ClNO3S.C4H10O2/c12-10-3-1-7(13(15)16)5-9(10)11-4-2-8(6-14)17-11;1-4(5-2)6-3/h1-6H;4H,1-3H3. The summed E-state index contributed by atoms with van der Waals surface area (Å²) < 4.78 is 9.35. The molecular formula is C15H16ClNO5S. The van der Waals surface area contributed by atoms with Gasteiger partial charge in [0.1, 0.15) is 0 Å². The van der Waals surface area contributed by atoms with Gasteiger partial charge in [-0.2, -0.15) is 0 Å². The second kappa shape index (κ2) is 9.36. The van der Waals surface area contributed by atoms with Crippen LogP contribution in [0.4, 0.5) is 5.69 Å². The fraction of sp³-hybridized carbons (Fsp3) is 0.267. The molecule has 0 saturated carbocycles. The molecule has 0 spiro atoms. The number of thiophene rings is 1. The molecule has 2 rings (SSSR count). The number of benzene rings is 1. The van der Waals surface area contributed by atoms with Crippen molar-refractivity contribution in [1.29, 1.82) is 0 Å². The molecule has 0 unspecified atom stereocenters. The lowest BCUT2D eigenvalue weighted by molar-refractivity contribution is -0.384. The number of rotatable bonds is 5. The van der Waals surface area contributed by atoms with Gasteiger partial charge < -0.3 is 9.47 Å². The van der Waals surface area contributed by atoms with E-state index in [-0.39, 0.29) is 12.0 Å². The number of nitrogens with zero attached hydrogens (tertiary/aromatic N) is 1. The Hall–Kier alpha value is -1.80. The summed E-state index contributed by atoms with van der Waals surface area (Å²) in [5, 5.41) is 11.1. The Labute approximate surface area is 142 Å². The topological polar surface area (TPSA) is 78.7 Å². The maximum Gasteiger partial charge on any atom is 0.270 e. The minimum absolute atomic E-state index is 0.0227. The van der Waals surface area contributed by atoms with E-state index in [4.69, 9.17) is 11.6 Å². The molecule has 6 nitrogen and oxygen atoms in total. The molecule has 0 radical (unpaired) electrons. The van der Waals surface area contributed by atoms with Crippen molar-refractivity contribution in [2.45, 2.75) is 13.2 Å². The number of ether oxygens (including phenoxy) is 2. The Morgan fingerprint density at radius 3 is 2.35 bits per heavy atom. The summed E-state index contributed by atoms with van der Waals surface area (Å²) in [7, 11) is 3.21. The zero-order valence-electron chi connectivity index (χ0n) is 12.8. The Morgan fingerprint density at radius 2 is 1.91 bits per heavy atom. The largest absolute Gasteiger partial charge is 0.356 e. The Balaban J connectivity index is 0.000000379. The first-order chi connectivity index (χ1) is 10.9. The van der Waals surface area contributed by atoms with Crippen molar-refractivity contribution in [2.24, 2.45) is 0 Å². The van der Waals surface area contributed by atoms with Crippen LogP contribution in [-0.2, 0) is 9.47 Å². The van der Waals surface area contributed by atoms with E-state index in [0.29, 0.717) is 15.5 Å². The van der Waals surface area contributed by atoms with E-state index in [1.807, 2.05) is 6.92 Å².